The molecule has 4 nitrogen and oxygen atoms in total. The van der Waals surface area contributed by atoms with E-state index in [0.29, 0.717) is 0 Å². The Bertz CT molecular complexity index is 500. The van der Waals surface area contributed by atoms with Gasteiger partial charge >= 0.3 is 16.5 Å². The number of hydrogen-bond acceptors (Lipinski definition) is 4. The number of hydrogen-bond donors (Lipinski definition) is 0. The van der Waals surface area contributed by atoms with Crippen molar-refractivity contribution in [2.75, 3.05) is 0 Å². The molecule has 0 heterocycles. The third-order valence-electron chi connectivity index (χ3n) is 1.37. The van der Waals surface area contributed by atoms with E-state index in [1.807, 2.05) is 0 Å². The van der Waals surface area contributed by atoms with Gasteiger partial charge in [0.15, 0.2) is 0 Å². The minimum atomic E-state index is -3.72. The zero-order valence-corrected chi connectivity index (χ0v) is 14.9. The lowest BCUT2D eigenvalue weighted by Gasteiger charge is -1.96. The first kappa shape index (κ1) is 21.6. The van der Waals surface area contributed by atoms with Gasteiger partial charge in [0.2, 0.25) is 0 Å². The van der Waals surface area contributed by atoms with Gasteiger partial charge in [-0.2, -0.15) is 16.8 Å². The maximum atomic E-state index is 9.16. The fourth-order valence-electron chi connectivity index (χ4n) is 1.20. The molecule has 0 aliphatic rings. The second-order valence-electron chi connectivity index (χ2n) is 3.42. The summed E-state index contributed by atoms with van der Waals surface area (Å²) in [7, 11) is 9.63. The molecule has 0 aliphatic heterocycles. The highest BCUT2D eigenvalue weighted by atomic mass is 36.0. The van der Waals surface area contributed by atoms with Crippen LogP contribution < -0.4 is 0 Å². The number of rotatable bonds is 0. The summed E-state index contributed by atoms with van der Waals surface area (Å²) in [5.74, 6) is 0. The SMILES string of the molecule is Cc1cc(C)cc(C)c1.O=S(=O)(Cl)Cl.O=S(=O)(Cl)Cl. The summed E-state index contributed by atoms with van der Waals surface area (Å²) in [6.07, 6.45) is 0. The monoisotopic (exact) mass is 388 g/mol. The second-order valence-corrected chi connectivity index (χ2v) is 10.8. The van der Waals surface area contributed by atoms with E-state index in [0.717, 1.165) is 0 Å². The van der Waals surface area contributed by atoms with Crippen molar-refractivity contribution in [3.63, 3.8) is 0 Å². The summed E-state index contributed by atoms with van der Waals surface area (Å²) < 4.78 is 36.7. The molecule has 1 rings (SSSR count). The predicted molar refractivity (Wildman–Crippen MR) is 81.9 cm³/mol. The maximum absolute atomic E-state index is 9.16. The minimum Gasteiger partial charge on any atom is -0.195 e. The summed E-state index contributed by atoms with van der Waals surface area (Å²) in [5.41, 5.74) is 4.06. The molecule has 0 radical (unpaired) electrons. The Morgan fingerprint density at radius 2 is 0.737 bits per heavy atom. The molecule has 1 aromatic rings. The van der Waals surface area contributed by atoms with Gasteiger partial charge in [0.1, 0.15) is 0 Å². The Hall–Kier alpha value is 0.280. The first-order valence-corrected chi connectivity index (χ1v) is 10.8. The van der Waals surface area contributed by atoms with Crippen LogP contribution in [0, 0.1) is 20.8 Å². The van der Waals surface area contributed by atoms with Gasteiger partial charge in [-0.25, -0.2) is 0 Å². The Kier molecular flexibility index (Phi) is 10.5. The molecule has 0 saturated heterocycles. The van der Waals surface area contributed by atoms with E-state index < -0.39 is 16.5 Å². The Morgan fingerprint density at radius 3 is 0.842 bits per heavy atom. The zero-order valence-electron chi connectivity index (χ0n) is 10.2. The smallest absolute Gasteiger partial charge is 0.195 e. The van der Waals surface area contributed by atoms with Crippen molar-refractivity contribution in [2.24, 2.45) is 0 Å². The molecule has 0 unspecified atom stereocenters. The van der Waals surface area contributed by atoms with Crippen molar-refractivity contribution in [1.82, 2.24) is 0 Å². The molecular weight excluding hydrogens is 378 g/mol. The fourth-order valence-corrected chi connectivity index (χ4v) is 1.20. The summed E-state index contributed by atoms with van der Waals surface area (Å²) in [5, 5.41) is 0. The maximum Gasteiger partial charge on any atom is 0.317 e. The summed E-state index contributed by atoms with van der Waals surface area (Å²) in [6.45, 7) is 6.38. The molecule has 1 aromatic carbocycles. The molecule has 0 amide bonds. The van der Waals surface area contributed by atoms with Gasteiger partial charge in [0, 0.05) is 42.7 Å². The van der Waals surface area contributed by atoms with Gasteiger partial charge < -0.3 is 0 Å². The Balaban J connectivity index is 0. The Labute approximate surface area is 131 Å². The van der Waals surface area contributed by atoms with E-state index >= 15 is 0 Å². The average Bonchev–Trinajstić information content (AvgIpc) is 1.91. The molecule has 0 aliphatic carbocycles. The lowest BCUT2D eigenvalue weighted by Crippen LogP contribution is -1.78. The summed E-state index contributed by atoms with van der Waals surface area (Å²) >= 11 is 0. The Morgan fingerprint density at radius 1 is 0.632 bits per heavy atom. The van der Waals surface area contributed by atoms with E-state index in [9.17, 15) is 0 Å². The van der Waals surface area contributed by atoms with Crippen LogP contribution in [-0.2, 0) is 16.5 Å². The molecule has 112 valence electrons. The molecule has 0 N–H and O–H groups in total. The number of halogens is 4. The number of benzene rings is 1. The topological polar surface area (TPSA) is 68.3 Å². The average molecular weight is 390 g/mol. The van der Waals surface area contributed by atoms with Crippen LogP contribution in [0.25, 0.3) is 0 Å². The van der Waals surface area contributed by atoms with Gasteiger partial charge in [-0.15, -0.1) is 0 Å². The molecule has 19 heavy (non-hydrogen) atoms. The fraction of sp³-hybridized carbons (Fsp3) is 0.333. The lowest BCUT2D eigenvalue weighted by atomic mass is 10.1. The van der Waals surface area contributed by atoms with E-state index in [4.69, 9.17) is 16.8 Å². The summed E-state index contributed by atoms with van der Waals surface area (Å²) in [6, 6.07) is 6.56. The highest BCUT2D eigenvalue weighted by Crippen LogP contribution is 2.06. The van der Waals surface area contributed by atoms with Gasteiger partial charge in [-0.3, -0.25) is 0 Å². The molecule has 0 aromatic heterocycles. The molecule has 0 atom stereocenters. The first-order valence-electron chi connectivity index (χ1n) is 4.52. The molecule has 0 fully saturated rings. The lowest BCUT2D eigenvalue weighted by molar-refractivity contribution is 0.620. The highest BCUT2D eigenvalue weighted by Gasteiger charge is 1.89. The largest absolute Gasteiger partial charge is 0.317 e. The van der Waals surface area contributed by atoms with Gasteiger partial charge in [-0.05, 0) is 20.8 Å². The minimum absolute atomic E-state index is 1.35. The standard InChI is InChI=1S/C9H12.2Cl2O2S/c1-7-4-8(2)6-9(3)5-7;2*1-5(2,3)4/h4-6H,1-3H3;;. The van der Waals surface area contributed by atoms with Crippen LogP contribution >= 0.6 is 42.7 Å². The normalized spacial score (nSPS) is 10.7. The van der Waals surface area contributed by atoms with Crippen LogP contribution in [0.15, 0.2) is 18.2 Å². The van der Waals surface area contributed by atoms with Crippen LogP contribution in [0.4, 0.5) is 0 Å². The van der Waals surface area contributed by atoms with E-state index in [1.165, 1.54) is 16.7 Å². The van der Waals surface area contributed by atoms with Crippen molar-refractivity contribution in [3.8, 4) is 0 Å². The molecule has 10 heteroatoms. The van der Waals surface area contributed by atoms with E-state index in [1.54, 1.807) is 0 Å². The van der Waals surface area contributed by atoms with Gasteiger partial charge in [-0.1, -0.05) is 34.9 Å². The van der Waals surface area contributed by atoms with Crippen LogP contribution in [-0.4, -0.2) is 16.8 Å². The van der Waals surface area contributed by atoms with Crippen LogP contribution in [0.1, 0.15) is 16.7 Å². The van der Waals surface area contributed by atoms with Gasteiger partial charge in [0.25, 0.3) is 0 Å². The number of aryl methyl sites for hydroxylation is 3. The van der Waals surface area contributed by atoms with Crippen molar-refractivity contribution in [2.45, 2.75) is 20.8 Å². The van der Waals surface area contributed by atoms with Crippen molar-refractivity contribution in [1.29, 1.82) is 0 Å². The molecule has 0 bridgehead atoms. The predicted octanol–water partition coefficient (Wildman–Crippen LogP) is 4.03. The second kappa shape index (κ2) is 9.26. The van der Waals surface area contributed by atoms with Crippen molar-refractivity contribution in [3.05, 3.63) is 34.9 Å². The van der Waals surface area contributed by atoms with Crippen LogP contribution in [0.3, 0.4) is 0 Å². The third kappa shape index (κ3) is 32.1. The van der Waals surface area contributed by atoms with E-state index in [-0.39, 0.29) is 0 Å². The van der Waals surface area contributed by atoms with Crippen LogP contribution in [0.5, 0.6) is 0 Å². The molecule has 0 saturated carbocycles. The highest BCUT2D eigenvalue weighted by molar-refractivity contribution is 8.31. The summed E-state index contributed by atoms with van der Waals surface area (Å²) in [4.78, 5) is 0. The first-order chi connectivity index (χ1) is 8.18. The van der Waals surface area contributed by atoms with Gasteiger partial charge in [0.05, 0.1) is 0 Å². The molecular formula is C9H12Cl4O4S2. The van der Waals surface area contributed by atoms with Crippen molar-refractivity contribution < 1.29 is 16.8 Å². The molecule has 0 spiro atoms. The van der Waals surface area contributed by atoms with E-state index in [2.05, 4.69) is 81.7 Å². The zero-order chi connectivity index (χ0) is 15.9. The quantitative estimate of drug-likeness (QED) is 0.628. The van der Waals surface area contributed by atoms with Crippen LogP contribution in [0.2, 0.25) is 0 Å². The third-order valence-corrected chi connectivity index (χ3v) is 1.37. The van der Waals surface area contributed by atoms with Crippen molar-refractivity contribution >= 4 is 59.3 Å².